The molecule has 2 amide bonds. The SMILES string of the molecule is C[C@H](S[C@@H](C)C(=O)N/N=C/c1ccc([N+](=O)[O-])cc1[N+](=O)[O-])C(=O)N/N=C/c1ccc([N+](=O)[O-])cc1[N+](=O)[O-]. The lowest BCUT2D eigenvalue weighted by atomic mass is 10.2. The van der Waals surface area contributed by atoms with E-state index in [1.165, 1.54) is 13.8 Å². The van der Waals surface area contributed by atoms with Crippen LogP contribution in [0.4, 0.5) is 22.7 Å². The third-order valence-electron chi connectivity index (χ3n) is 4.75. The second-order valence-electron chi connectivity index (χ2n) is 7.40. The van der Waals surface area contributed by atoms with E-state index in [1.807, 2.05) is 0 Å². The minimum absolute atomic E-state index is 0.0925. The second-order valence-corrected chi connectivity index (χ2v) is 9.09. The van der Waals surface area contributed by atoms with Crippen molar-refractivity contribution in [3.05, 3.63) is 88.0 Å². The number of non-ortho nitro benzene ring substituents is 2. The van der Waals surface area contributed by atoms with Crippen LogP contribution in [-0.4, -0.2) is 54.4 Å². The highest BCUT2D eigenvalue weighted by Crippen LogP contribution is 2.24. The van der Waals surface area contributed by atoms with Crippen LogP contribution in [0.25, 0.3) is 0 Å². The van der Waals surface area contributed by atoms with Crippen LogP contribution < -0.4 is 10.9 Å². The van der Waals surface area contributed by atoms with Crippen molar-refractivity contribution in [1.29, 1.82) is 0 Å². The summed E-state index contributed by atoms with van der Waals surface area (Å²) >= 11 is 0.896. The molecule has 39 heavy (non-hydrogen) atoms. The Morgan fingerprint density at radius 3 is 1.38 bits per heavy atom. The highest BCUT2D eigenvalue weighted by atomic mass is 32.2. The van der Waals surface area contributed by atoms with Gasteiger partial charge >= 0.3 is 0 Å². The van der Waals surface area contributed by atoms with E-state index < -0.39 is 64.8 Å². The number of nitro benzene ring substituents is 4. The predicted molar refractivity (Wildman–Crippen MR) is 137 cm³/mol. The van der Waals surface area contributed by atoms with Crippen LogP contribution in [0.3, 0.4) is 0 Å². The number of hydrogen-bond donors (Lipinski definition) is 2. The third-order valence-corrected chi connectivity index (χ3v) is 5.99. The van der Waals surface area contributed by atoms with Crippen LogP contribution in [0.2, 0.25) is 0 Å². The molecule has 2 atom stereocenters. The summed E-state index contributed by atoms with van der Waals surface area (Å²) in [5.41, 5.74) is 1.96. The Morgan fingerprint density at radius 1 is 0.718 bits per heavy atom. The summed E-state index contributed by atoms with van der Waals surface area (Å²) in [6.07, 6.45) is 1.89. The summed E-state index contributed by atoms with van der Waals surface area (Å²) in [5.74, 6) is -1.32. The van der Waals surface area contributed by atoms with E-state index in [9.17, 15) is 50.0 Å². The van der Waals surface area contributed by atoms with Gasteiger partial charge in [0.2, 0.25) is 0 Å². The number of carbonyl (C=O) groups is 2. The number of carbonyl (C=O) groups excluding carboxylic acids is 2. The van der Waals surface area contributed by atoms with E-state index >= 15 is 0 Å². The van der Waals surface area contributed by atoms with Crippen molar-refractivity contribution >= 4 is 58.8 Å². The predicted octanol–water partition coefficient (Wildman–Crippen LogP) is 2.43. The summed E-state index contributed by atoms with van der Waals surface area (Å²) in [6, 6.07) is 5.79. The largest absolute Gasteiger partial charge is 0.285 e. The smallest absolute Gasteiger partial charge is 0.272 e. The standard InChI is InChI=1S/C20H18N8O10S/c1-11(19(29)23-21-9-13-3-5-15(25(31)32)7-17(13)27(35)36)39-12(2)20(30)24-22-10-14-4-6-16(26(33)34)8-18(14)28(37)38/h3-12H,1-2H3,(H,23,29)(H,24,30)/b21-9+,22-10+/t11-,12-/m0/s1. The van der Waals surface area contributed by atoms with Crippen molar-refractivity contribution in [2.24, 2.45) is 10.2 Å². The maximum Gasteiger partial charge on any atom is 0.285 e. The first-order chi connectivity index (χ1) is 18.3. The lowest BCUT2D eigenvalue weighted by Gasteiger charge is -2.14. The molecule has 2 N–H and O–H groups in total. The Morgan fingerprint density at radius 2 is 1.08 bits per heavy atom. The first-order valence-electron chi connectivity index (χ1n) is 10.5. The maximum absolute atomic E-state index is 12.3. The van der Waals surface area contributed by atoms with Gasteiger partial charge in [-0.2, -0.15) is 10.2 Å². The van der Waals surface area contributed by atoms with Gasteiger partial charge in [0.15, 0.2) is 0 Å². The van der Waals surface area contributed by atoms with Crippen molar-refractivity contribution in [1.82, 2.24) is 10.9 Å². The molecular weight excluding hydrogens is 544 g/mol. The van der Waals surface area contributed by atoms with Crippen molar-refractivity contribution in [2.75, 3.05) is 0 Å². The Kier molecular flexibility index (Phi) is 10.2. The number of amides is 2. The minimum atomic E-state index is -0.838. The molecule has 0 aliphatic carbocycles. The van der Waals surface area contributed by atoms with E-state index in [2.05, 4.69) is 21.1 Å². The fourth-order valence-corrected chi connectivity index (χ4v) is 3.73. The molecule has 0 saturated heterocycles. The topological polar surface area (TPSA) is 255 Å². The lowest BCUT2D eigenvalue weighted by molar-refractivity contribution is -0.394. The van der Waals surface area contributed by atoms with Gasteiger partial charge < -0.3 is 0 Å². The molecule has 2 aromatic rings. The number of hydrogen-bond acceptors (Lipinski definition) is 13. The maximum atomic E-state index is 12.3. The summed E-state index contributed by atoms with van der Waals surface area (Å²) in [4.78, 5) is 65.2. The Labute approximate surface area is 221 Å². The molecule has 0 saturated carbocycles. The van der Waals surface area contributed by atoms with Gasteiger partial charge in [0, 0.05) is 12.1 Å². The zero-order chi connectivity index (χ0) is 29.3. The van der Waals surface area contributed by atoms with E-state index in [0.717, 1.165) is 60.6 Å². The second kappa shape index (κ2) is 13.3. The van der Waals surface area contributed by atoms with Gasteiger partial charge in [-0.3, -0.25) is 50.0 Å². The average Bonchev–Trinajstić information content (AvgIpc) is 2.88. The molecular formula is C20H18N8O10S. The zero-order valence-corrected chi connectivity index (χ0v) is 20.8. The van der Waals surface area contributed by atoms with Gasteiger partial charge in [0.25, 0.3) is 34.6 Å². The van der Waals surface area contributed by atoms with Gasteiger partial charge in [-0.1, -0.05) is 0 Å². The van der Waals surface area contributed by atoms with E-state index in [-0.39, 0.29) is 11.1 Å². The van der Waals surface area contributed by atoms with Crippen molar-refractivity contribution in [2.45, 2.75) is 24.3 Å². The fraction of sp³-hybridized carbons (Fsp3) is 0.200. The van der Waals surface area contributed by atoms with Crippen LogP contribution in [0, 0.1) is 40.5 Å². The van der Waals surface area contributed by atoms with Gasteiger partial charge in [0.05, 0.1) is 65.9 Å². The van der Waals surface area contributed by atoms with Gasteiger partial charge in [-0.05, 0) is 26.0 Å². The van der Waals surface area contributed by atoms with Crippen molar-refractivity contribution in [3.63, 3.8) is 0 Å². The van der Waals surface area contributed by atoms with Crippen LogP contribution in [0.1, 0.15) is 25.0 Å². The van der Waals surface area contributed by atoms with Crippen LogP contribution >= 0.6 is 11.8 Å². The molecule has 2 rings (SSSR count). The molecule has 0 aliphatic heterocycles. The number of benzene rings is 2. The van der Waals surface area contributed by atoms with Crippen LogP contribution in [-0.2, 0) is 9.59 Å². The fourth-order valence-electron chi connectivity index (χ4n) is 2.77. The van der Waals surface area contributed by atoms with E-state index in [4.69, 9.17) is 0 Å². The van der Waals surface area contributed by atoms with Crippen molar-refractivity contribution < 1.29 is 29.3 Å². The monoisotopic (exact) mass is 562 g/mol. The zero-order valence-electron chi connectivity index (χ0n) is 19.9. The number of hydrazone groups is 2. The third kappa shape index (κ3) is 8.35. The summed E-state index contributed by atoms with van der Waals surface area (Å²) in [5, 5.41) is 49.5. The first kappa shape index (κ1) is 29.9. The molecule has 0 spiro atoms. The Hall–Kier alpha value is -5.33. The van der Waals surface area contributed by atoms with E-state index in [1.54, 1.807) is 0 Å². The lowest BCUT2D eigenvalue weighted by Crippen LogP contribution is -2.33. The van der Waals surface area contributed by atoms with Crippen LogP contribution in [0.15, 0.2) is 46.6 Å². The summed E-state index contributed by atoms with van der Waals surface area (Å²) in [6.45, 7) is 2.91. The summed E-state index contributed by atoms with van der Waals surface area (Å²) in [7, 11) is 0. The highest BCUT2D eigenvalue weighted by Gasteiger charge is 2.23. The van der Waals surface area contributed by atoms with E-state index in [0.29, 0.717) is 0 Å². The Bertz CT molecular complexity index is 1290. The molecule has 0 fully saturated rings. The molecule has 0 aliphatic rings. The van der Waals surface area contributed by atoms with Gasteiger partial charge in [0.1, 0.15) is 0 Å². The number of nitrogens with one attached hydrogen (secondary N) is 2. The molecule has 18 nitrogen and oxygen atoms in total. The first-order valence-corrected chi connectivity index (χ1v) is 11.4. The molecule has 204 valence electrons. The van der Waals surface area contributed by atoms with Crippen molar-refractivity contribution in [3.8, 4) is 0 Å². The molecule has 0 heterocycles. The quantitative estimate of drug-likeness (QED) is 0.215. The summed E-state index contributed by atoms with van der Waals surface area (Å²) < 4.78 is 0. The molecule has 19 heteroatoms. The average molecular weight is 562 g/mol. The van der Waals surface area contributed by atoms with Gasteiger partial charge in [-0.25, -0.2) is 10.9 Å². The number of nitro groups is 4. The molecule has 0 unspecified atom stereocenters. The highest BCUT2D eigenvalue weighted by molar-refractivity contribution is 8.01. The van der Waals surface area contributed by atoms with Gasteiger partial charge in [-0.15, -0.1) is 11.8 Å². The van der Waals surface area contributed by atoms with Crippen LogP contribution in [0.5, 0.6) is 0 Å². The minimum Gasteiger partial charge on any atom is -0.272 e. The number of nitrogens with zero attached hydrogens (tertiary/aromatic N) is 6. The molecule has 2 aromatic carbocycles. The Balaban J connectivity index is 1.96. The normalized spacial score (nSPS) is 12.6. The molecule has 0 aromatic heterocycles. The number of rotatable bonds is 12. The number of thioether (sulfide) groups is 1. The molecule has 0 bridgehead atoms. The molecule has 0 radical (unpaired) electrons.